The number of rotatable bonds is 7. The van der Waals surface area contributed by atoms with Crippen LogP contribution in [0, 0.1) is 5.92 Å². The van der Waals surface area contributed by atoms with E-state index in [0.29, 0.717) is 25.8 Å². The highest BCUT2D eigenvalue weighted by molar-refractivity contribution is 9.11. The van der Waals surface area contributed by atoms with E-state index in [1.807, 2.05) is 0 Å². The van der Waals surface area contributed by atoms with Gasteiger partial charge in [-0.1, -0.05) is 29.4 Å². The van der Waals surface area contributed by atoms with Gasteiger partial charge in [-0.2, -0.15) is 0 Å². The van der Waals surface area contributed by atoms with Gasteiger partial charge in [0.1, 0.15) is 0 Å². The van der Waals surface area contributed by atoms with Gasteiger partial charge in [0.05, 0.1) is 18.8 Å². The van der Waals surface area contributed by atoms with Crippen molar-refractivity contribution in [2.45, 2.75) is 44.8 Å². The molecule has 0 bridgehead atoms. The van der Waals surface area contributed by atoms with Crippen LogP contribution in [-0.4, -0.2) is 37.0 Å². The highest BCUT2D eigenvalue weighted by Gasteiger charge is 2.19. The molecule has 1 fully saturated rings. The molecule has 3 nitrogen and oxygen atoms in total. The third-order valence-electron chi connectivity index (χ3n) is 3.18. The molecule has 1 unspecified atom stereocenters. The van der Waals surface area contributed by atoms with Crippen molar-refractivity contribution in [1.29, 1.82) is 0 Å². The summed E-state index contributed by atoms with van der Waals surface area (Å²) in [6, 6.07) is 0. The molecule has 0 heterocycles. The number of hydrogen-bond donors (Lipinski definition) is 2. The second-order valence-electron chi connectivity index (χ2n) is 5.02. The maximum Gasteiger partial charge on any atom is 0.0897 e. The third-order valence-corrected chi connectivity index (χ3v) is 3.46. The van der Waals surface area contributed by atoms with Gasteiger partial charge >= 0.3 is 0 Å². The highest BCUT2D eigenvalue weighted by atomic mass is 79.9. The Morgan fingerprint density at radius 2 is 2.12 bits per heavy atom. The molecule has 0 spiro atoms. The third kappa shape index (κ3) is 7.19. The van der Waals surface area contributed by atoms with Crippen LogP contribution in [0.4, 0.5) is 0 Å². The zero-order chi connectivity index (χ0) is 12.7. The van der Waals surface area contributed by atoms with E-state index < -0.39 is 6.10 Å². The van der Waals surface area contributed by atoms with Crippen molar-refractivity contribution in [2.24, 2.45) is 5.92 Å². The average molecular weight is 306 g/mol. The SMILES string of the molecule is C=C(Br)CNCC(O)COC1CCC(C)CC1. The van der Waals surface area contributed by atoms with E-state index in [1.165, 1.54) is 12.8 Å². The second-order valence-corrected chi connectivity index (χ2v) is 6.14. The van der Waals surface area contributed by atoms with Crippen molar-refractivity contribution in [3.8, 4) is 0 Å². The summed E-state index contributed by atoms with van der Waals surface area (Å²) in [7, 11) is 0. The molecule has 2 N–H and O–H groups in total. The van der Waals surface area contributed by atoms with Crippen LogP contribution in [0.3, 0.4) is 0 Å². The molecule has 0 radical (unpaired) electrons. The fraction of sp³-hybridized carbons (Fsp3) is 0.846. The molecule has 1 atom stereocenters. The average Bonchev–Trinajstić information content (AvgIpc) is 2.28. The van der Waals surface area contributed by atoms with E-state index in [4.69, 9.17) is 4.74 Å². The smallest absolute Gasteiger partial charge is 0.0897 e. The van der Waals surface area contributed by atoms with E-state index in [2.05, 4.69) is 34.7 Å². The Morgan fingerprint density at radius 1 is 1.47 bits per heavy atom. The largest absolute Gasteiger partial charge is 0.389 e. The van der Waals surface area contributed by atoms with Gasteiger partial charge in [0.25, 0.3) is 0 Å². The Labute approximate surface area is 113 Å². The summed E-state index contributed by atoms with van der Waals surface area (Å²) in [5.74, 6) is 0.839. The minimum absolute atomic E-state index is 0.354. The van der Waals surface area contributed by atoms with Crippen LogP contribution >= 0.6 is 15.9 Å². The molecule has 100 valence electrons. The van der Waals surface area contributed by atoms with Crippen LogP contribution in [0.1, 0.15) is 32.6 Å². The van der Waals surface area contributed by atoms with Crippen molar-refractivity contribution < 1.29 is 9.84 Å². The van der Waals surface area contributed by atoms with Gasteiger partial charge in [-0.05, 0) is 31.6 Å². The molecular formula is C13H24BrNO2. The van der Waals surface area contributed by atoms with Crippen LogP contribution in [0.15, 0.2) is 11.1 Å². The van der Waals surface area contributed by atoms with Gasteiger partial charge < -0.3 is 15.2 Å². The van der Waals surface area contributed by atoms with Gasteiger partial charge in [-0.25, -0.2) is 0 Å². The fourth-order valence-corrected chi connectivity index (χ4v) is 2.27. The summed E-state index contributed by atoms with van der Waals surface area (Å²) in [6.07, 6.45) is 4.71. The fourth-order valence-electron chi connectivity index (χ4n) is 2.08. The minimum Gasteiger partial charge on any atom is -0.389 e. The number of halogens is 1. The van der Waals surface area contributed by atoms with E-state index in [9.17, 15) is 5.11 Å². The van der Waals surface area contributed by atoms with E-state index in [0.717, 1.165) is 23.2 Å². The predicted octanol–water partition coefficient (Wildman–Crippen LogP) is 2.44. The first-order valence-electron chi connectivity index (χ1n) is 6.41. The van der Waals surface area contributed by atoms with Crippen LogP contribution in [-0.2, 0) is 4.74 Å². The first-order valence-corrected chi connectivity index (χ1v) is 7.21. The van der Waals surface area contributed by atoms with E-state index >= 15 is 0 Å². The monoisotopic (exact) mass is 305 g/mol. The molecule has 17 heavy (non-hydrogen) atoms. The summed E-state index contributed by atoms with van der Waals surface area (Å²) >= 11 is 3.26. The van der Waals surface area contributed by atoms with Crippen LogP contribution < -0.4 is 5.32 Å². The quantitative estimate of drug-likeness (QED) is 0.759. The number of aliphatic hydroxyl groups excluding tert-OH is 1. The first kappa shape index (κ1) is 15.2. The van der Waals surface area contributed by atoms with Crippen molar-refractivity contribution in [2.75, 3.05) is 19.7 Å². The zero-order valence-corrected chi connectivity index (χ0v) is 12.2. The van der Waals surface area contributed by atoms with Gasteiger partial charge in [0.2, 0.25) is 0 Å². The Balaban J connectivity index is 2.03. The van der Waals surface area contributed by atoms with Gasteiger partial charge in [-0.15, -0.1) is 0 Å². The molecule has 1 rings (SSSR count). The standard InChI is InChI=1S/C13H24BrNO2/c1-10-3-5-13(6-4-10)17-9-12(16)8-15-7-11(2)14/h10,12-13,15-16H,2-9H2,1H3. The van der Waals surface area contributed by atoms with Gasteiger partial charge in [-0.3, -0.25) is 0 Å². The molecule has 0 amide bonds. The van der Waals surface area contributed by atoms with Crippen molar-refractivity contribution in [3.63, 3.8) is 0 Å². The lowest BCUT2D eigenvalue weighted by atomic mass is 9.89. The van der Waals surface area contributed by atoms with Crippen LogP contribution in [0.5, 0.6) is 0 Å². The Kier molecular flexibility index (Phi) is 7.35. The summed E-state index contributed by atoms with van der Waals surface area (Å²) in [4.78, 5) is 0. The highest BCUT2D eigenvalue weighted by Crippen LogP contribution is 2.25. The molecule has 0 saturated heterocycles. The zero-order valence-electron chi connectivity index (χ0n) is 10.6. The van der Waals surface area contributed by atoms with E-state index in [1.54, 1.807) is 0 Å². The summed E-state index contributed by atoms with van der Waals surface area (Å²) in [6.45, 7) is 7.67. The molecule has 1 aliphatic rings. The van der Waals surface area contributed by atoms with Crippen molar-refractivity contribution in [1.82, 2.24) is 5.32 Å². The number of nitrogens with one attached hydrogen (secondary N) is 1. The maximum atomic E-state index is 9.71. The minimum atomic E-state index is -0.429. The summed E-state index contributed by atoms with van der Waals surface area (Å²) < 4.78 is 6.62. The topological polar surface area (TPSA) is 41.5 Å². The number of hydrogen-bond acceptors (Lipinski definition) is 3. The summed E-state index contributed by atoms with van der Waals surface area (Å²) in [5, 5.41) is 12.8. The lowest BCUT2D eigenvalue weighted by molar-refractivity contribution is -0.0275. The molecule has 0 aromatic heterocycles. The first-order chi connectivity index (χ1) is 8.08. The lowest BCUT2D eigenvalue weighted by Gasteiger charge is -2.27. The van der Waals surface area contributed by atoms with Crippen LogP contribution in [0.2, 0.25) is 0 Å². The molecule has 0 aliphatic heterocycles. The van der Waals surface area contributed by atoms with Crippen LogP contribution in [0.25, 0.3) is 0 Å². The molecule has 1 saturated carbocycles. The molecule has 4 heteroatoms. The maximum absolute atomic E-state index is 9.71. The Hall–Kier alpha value is 0.1000. The summed E-state index contributed by atoms with van der Waals surface area (Å²) in [5.41, 5.74) is 0. The molecule has 1 aliphatic carbocycles. The van der Waals surface area contributed by atoms with E-state index in [-0.39, 0.29) is 0 Å². The Morgan fingerprint density at radius 3 is 2.71 bits per heavy atom. The number of aliphatic hydroxyl groups is 1. The second kappa shape index (κ2) is 8.25. The van der Waals surface area contributed by atoms with Gasteiger partial charge in [0.15, 0.2) is 0 Å². The molecule has 0 aromatic carbocycles. The lowest BCUT2D eigenvalue weighted by Crippen LogP contribution is -2.33. The van der Waals surface area contributed by atoms with Crippen molar-refractivity contribution in [3.05, 3.63) is 11.1 Å². The van der Waals surface area contributed by atoms with Crippen molar-refractivity contribution >= 4 is 15.9 Å². The van der Waals surface area contributed by atoms with Gasteiger partial charge in [0, 0.05) is 17.6 Å². The molecule has 0 aromatic rings. The predicted molar refractivity (Wildman–Crippen MR) is 74.3 cm³/mol. The molecular weight excluding hydrogens is 282 g/mol. The number of ether oxygens (including phenoxy) is 1. The normalized spacial score (nSPS) is 26.8. The Bertz CT molecular complexity index is 227.